The van der Waals surface area contributed by atoms with E-state index < -0.39 is 11.3 Å². The molecule has 0 radical (unpaired) electrons. The molecule has 1 rings (SSSR count). The van der Waals surface area contributed by atoms with Gasteiger partial charge in [0, 0.05) is 0 Å². The average Bonchev–Trinajstić information content (AvgIpc) is 2.04. The SMILES string of the molecule is O=S(=O)(C1CCCCC1)C(Br)(Br)Br. The van der Waals surface area contributed by atoms with Crippen LogP contribution in [0, 0.1) is 0 Å². The molecule has 0 spiro atoms. The maximum absolute atomic E-state index is 11.9. The fourth-order valence-electron chi connectivity index (χ4n) is 1.56. The lowest BCUT2D eigenvalue weighted by atomic mass is 10.0. The predicted octanol–water partition coefficient (Wildman–Crippen LogP) is 3.53. The molecule has 2 nitrogen and oxygen atoms in total. The van der Waals surface area contributed by atoms with E-state index in [0.29, 0.717) is 0 Å². The van der Waals surface area contributed by atoms with Gasteiger partial charge in [0.15, 0.2) is 9.84 Å². The molecule has 0 unspecified atom stereocenters. The van der Waals surface area contributed by atoms with Crippen LogP contribution in [0.25, 0.3) is 0 Å². The largest absolute Gasteiger partial charge is 0.235 e. The highest BCUT2D eigenvalue weighted by atomic mass is 80.0. The van der Waals surface area contributed by atoms with Crippen LogP contribution in [0.3, 0.4) is 0 Å². The Labute approximate surface area is 104 Å². The molecule has 1 fully saturated rings. The molecule has 0 aromatic heterocycles. The highest BCUT2D eigenvalue weighted by molar-refractivity contribution is 9.42. The van der Waals surface area contributed by atoms with Gasteiger partial charge in [-0.2, -0.15) is 0 Å². The first-order valence-corrected chi connectivity index (χ1v) is 8.08. The quantitative estimate of drug-likeness (QED) is 0.633. The summed E-state index contributed by atoms with van der Waals surface area (Å²) in [6, 6.07) is 0. The lowest BCUT2D eigenvalue weighted by Gasteiger charge is -2.25. The molecule has 0 saturated heterocycles. The molecule has 0 bridgehead atoms. The highest BCUT2D eigenvalue weighted by Crippen LogP contribution is 2.44. The Kier molecular flexibility index (Phi) is 4.31. The van der Waals surface area contributed by atoms with Crippen molar-refractivity contribution in [3.05, 3.63) is 0 Å². The third-order valence-electron chi connectivity index (χ3n) is 2.31. The van der Waals surface area contributed by atoms with E-state index in [9.17, 15) is 8.42 Å². The number of hydrogen-bond donors (Lipinski definition) is 0. The van der Waals surface area contributed by atoms with Gasteiger partial charge in [0.05, 0.1) is 5.25 Å². The van der Waals surface area contributed by atoms with Crippen LogP contribution < -0.4 is 0 Å². The van der Waals surface area contributed by atoms with E-state index in [4.69, 9.17) is 0 Å². The van der Waals surface area contributed by atoms with Crippen LogP contribution >= 0.6 is 47.8 Å². The van der Waals surface area contributed by atoms with E-state index in [0.717, 1.165) is 32.1 Å². The maximum atomic E-state index is 11.9. The van der Waals surface area contributed by atoms with Crippen molar-refractivity contribution in [1.29, 1.82) is 0 Å². The van der Waals surface area contributed by atoms with Crippen molar-refractivity contribution < 1.29 is 8.42 Å². The highest BCUT2D eigenvalue weighted by Gasteiger charge is 2.42. The third-order valence-corrected chi connectivity index (χ3v) is 8.37. The Morgan fingerprint density at radius 3 is 1.85 bits per heavy atom. The first-order valence-electron chi connectivity index (χ1n) is 4.16. The molecular formula is C7H11Br3O2S. The van der Waals surface area contributed by atoms with Gasteiger partial charge in [-0.05, 0) is 60.6 Å². The van der Waals surface area contributed by atoms with E-state index in [-0.39, 0.29) is 5.25 Å². The lowest BCUT2D eigenvalue weighted by Crippen LogP contribution is -2.32. The van der Waals surface area contributed by atoms with E-state index in [2.05, 4.69) is 47.8 Å². The van der Waals surface area contributed by atoms with Gasteiger partial charge in [0.25, 0.3) is 0 Å². The molecule has 1 aliphatic rings. The zero-order valence-electron chi connectivity index (χ0n) is 6.97. The monoisotopic (exact) mass is 396 g/mol. The Balaban J connectivity index is 2.80. The van der Waals surface area contributed by atoms with Crippen molar-refractivity contribution in [2.24, 2.45) is 0 Å². The summed E-state index contributed by atoms with van der Waals surface area (Å²) >= 11 is 9.24. The summed E-state index contributed by atoms with van der Waals surface area (Å²) in [7, 11) is -3.15. The van der Waals surface area contributed by atoms with Gasteiger partial charge >= 0.3 is 0 Å². The Morgan fingerprint density at radius 2 is 1.46 bits per heavy atom. The number of rotatable bonds is 1. The van der Waals surface area contributed by atoms with Gasteiger partial charge in [-0.15, -0.1) is 0 Å². The number of sulfone groups is 1. The van der Waals surface area contributed by atoms with E-state index in [1.165, 1.54) is 0 Å². The molecule has 0 aromatic carbocycles. The summed E-state index contributed by atoms with van der Waals surface area (Å²) in [4.78, 5) is 0. The predicted molar refractivity (Wildman–Crippen MR) is 65.3 cm³/mol. The first kappa shape index (κ1) is 12.5. The molecule has 6 heteroatoms. The Bertz CT molecular complexity index is 262. The second kappa shape index (κ2) is 4.49. The minimum atomic E-state index is -3.15. The molecule has 0 atom stereocenters. The summed E-state index contributed by atoms with van der Waals surface area (Å²) < 4.78 is 22.6. The fourth-order valence-corrected chi connectivity index (χ4v) is 5.28. The third kappa shape index (κ3) is 2.92. The zero-order chi connectivity index (χ0) is 10.1. The van der Waals surface area contributed by atoms with Gasteiger partial charge < -0.3 is 0 Å². The number of hydrogen-bond acceptors (Lipinski definition) is 2. The summed E-state index contributed by atoms with van der Waals surface area (Å²) in [5, 5.41) is -0.209. The summed E-state index contributed by atoms with van der Waals surface area (Å²) in [6.07, 6.45) is 4.77. The van der Waals surface area contributed by atoms with Gasteiger partial charge in [-0.3, -0.25) is 0 Å². The summed E-state index contributed by atoms with van der Waals surface area (Å²) in [5.41, 5.74) is 0. The second-order valence-electron chi connectivity index (χ2n) is 3.25. The number of halogens is 3. The topological polar surface area (TPSA) is 34.1 Å². The minimum Gasteiger partial charge on any atom is -0.225 e. The van der Waals surface area contributed by atoms with Crippen molar-refractivity contribution in [2.75, 3.05) is 0 Å². The molecule has 0 N–H and O–H groups in total. The fraction of sp³-hybridized carbons (Fsp3) is 1.00. The van der Waals surface area contributed by atoms with Crippen molar-refractivity contribution in [2.45, 2.75) is 38.8 Å². The second-order valence-corrected chi connectivity index (χ2v) is 14.0. The van der Waals surface area contributed by atoms with Crippen LogP contribution in [0.2, 0.25) is 0 Å². The minimum absolute atomic E-state index is 0.209. The molecule has 0 heterocycles. The normalized spacial score (nSPS) is 21.8. The standard InChI is InChI=1S/C7H11Br3O2S/c8-7(9,10)13(11,12)6-4-2-1-3-5-6/h6H,1-5H2. The van der Waals surface area contributed by atoms with E-state index in [1.807, 2.05) is 0 Å². The number of alkyl halides is 3. The van der Waals surface area contributed by atoms with Crippen LogP contribution in [0.5, 0.6) is 0 Å². The Hall–Kier alpha value is 1.39. The summed E-state index contributed by atoms with van der Waals surface area (Å²) in [5.74, 6) is 0. The van der Waals surface area contributed by atoms with Crippen molar-refractivity contribution in [3.63, 3.8) is 0 Å². The molecule has 0 amide bonds. The van der Waals surface area contributed by atoms with E-state index >= 15 is 0 Å². The average molecular weight is 399 g/mol. The van der Waals surface area contributed by atoms with Crippen LogP contribution in [0.15, 0.2) is 0 Å². The molecular weight excluding hydrogens is 388 g/mol. The van der Waals surface area contributed by atoms with Gasteiger partial charge in [0.1, 0.15) is 0 Å². The van der Waals surface area contributed by atoms with Crippen LogP contribution in [-0.4, -0.2) is 15.1 Å². The maximum Gasteiger partial charge on any atom is 0.235 e. The molecule has 78 valence electrons. The van der Waals surface area contributed by atoms with Crippen LogP contribution in [-0.2, 0) is 9.84 Å². The van der Waals surface area contributed by atoms with Crippen molar-refractivity contribution in [3.8, 4) is 0 Å². The van der Waals surface area contributed by atoms with Crippen LogP contribution in [0.1, 0.15) is 32.1 Å². The first-order chi connectivity index (χ1) is 5.86. The smallest absolute Gasteiger partial charge is 0.225 e. The van der Waals surface area contributed by atoms with Gasteiger partial charge in [-0.25, -0.2) is 8.42 Å². The van der Waals surface area contributed by atoms with E-state index in [1.54, 1.807) is 0 Å². The molecule has 0 aliphatic heterocycles. The van der Waals surface area contributed by atoms with Crippen molar-refractivity contribution in [1.82, 2.24) is 0 Å². The van der Waals surface area contributed by atoms with Gasteiger partial charge in [0.2, 0.25) is 1.47 Å². The van der Waals surface area contributed by atoms with Gasteiger partial charge in [-0.1, -0.05) is 19.3 Å². The van der Waals surface area contributed by atoms with Crippen molar-refractivity contribution >= 4 is 57.6 Å². The van der Waals surface area contributed by atoms with Crippen LogP contribution in [0.4, 0.5) is 0 Å². The zero-order valence-corrected chi connectivity index (χ0v) is 12.5. The Morgan fingerprint density at radius 1 is 1.00 bits per heavy atom. The summed E-state index contributed by atoms with van der Waals surface area (Å²) in [6.45, 7) is 0. The lowest BCUT2D eigenvalue weighted by molar-refractivity contribution is 0.485. The molecule has 1 saturated carbocycles. The molecule has 13 heavy (non-hydrogen) atoms. The molecule has 0 aromatic rings. The molecule has 1 aliphatic carbocycles.